The van der Waals surface area contributed by atoms with Gasteiger partial charge in [0.1, 0.15) is 15.5 Å². The molecule has 0 spiro atoms. The Balaban J connectivity index is 2.71. The Morgan fingerprint density at radius 3 is 2.73 bits per heavy atom. The standard InChI is InChI=1S/C15H17N3O3S/c1-8(2)12-17-13-10(9(3)11(22-13)15(20)21)14(19)18(12)7-5-4-6-16/h8H,4-5,7H2,1-3H3,(H,20,21). The van der Waals surface area contributed by atoms with Crippen LogP contribution < -0.4 is 5.56 Å². The predicted molar refractivity (Wildman–Crippen MR) is 84.5 cm³/mol. The van der Waals surface area contributed by atoms with Gasteiger partial charge in [0.2, 0.25) is 0 Å². The number of thiophene rings is 1. The third-order valence-electron chi connectivity index (χ3n) is 3.46. The summed E-state index contributed by atoms with van der Waals surface area (Å²) in [5.74, 6) is -0.370. The van der Waals surface area contributed by atoms with Gasteiger partial charge in [0.15, 0.2) is 0 Å². The summed E-state index contributed by atoms with van der Waals surface area (Å²) in [5.41, 5.74) is 0.252. The number of nitrogens with zero attached hydrogens (tertiary/aromatic N) is 3. The fourth-order valence-corrected chi connectivity index (χ4v) is 3.43. The van der Waals surface area contributed by atoms with Gasteiger partial charge in [-0.1, -0.05) is 13.8 Å². The van der Waals surface area contributed by atoms with E-state index in [-0.39, 0.29) is 16.4 Å². The Bertz CT molecular complexity index is 827. The van der Waals surface area contributed by atoms with E-state index >= 15 is 0 Å². The van der Waals surface area contributed by atoms with E-state index in [1.165, 1.54) is 0 Å². The maximum Gasteiger partial charge on any atom is 0.346 e. The van der Waals surface area contributed by atoms with Crippen LogP contribution in [-0.4, -0.2) is 20.6 Å². The lowest BCUT2D eigenvalue weighted by molar-refractivity contribution is 0.0701. The first-order valence-electron chi connectivity index (χ1n) is 7.02. The number of hydrogen-bond acceptors (Lipinski definition) is 5. The molecule has 2 aromatic rings. The molecule has 116 valence electrons. The highest BCUT2D eigenvalue weighted by molar-refractivity contribution is 7.20. The van der Waals surface area contributed by atoms with E-state index < -0.39 is 5.97 Å². The van der Waals surface area contributed by atoms with Crippen molar-refractivity contribution in [2.45, 2.75) is 46.1 Å². The number of aromatic nitrogens is 2. The Kier molecular flexibility index (Phi) is 4.62. The van der Waals surface area contributed by atoms with Crippen molar-refractivity contribution in [2.75, 3.05) is 0 Å². The van der Waals surface area contributed by atoms with Crippen molar-refractivity contribution in [3.8, 4) is 6.07 Å². The lowest BCUT2D eigenvalue weighted by Gasteiger charge is -2.14. The summed E-state index contributed by atoms with van der Waals surface area (Å²) < 4.78 is 1.58. The van der Waals surface area contributed by atoms with Crippen LogP contribution >= 0.6 is 11.3 Å². The number of aryl methyl sites for hydroxylation is 1. The molecular formula is C15H17N3O3S. The molecule has 0 aliphatic carbocycles. The van der Waals surface area contributed by atoms with Gasteiger partial charge in [-0.05, 0) is 18.9 Å². The average Bonchev–Trinajstić information content (AvgIpc) is 2.78. The number of nitriles is 1. The first-order valence-corrected chi connectivity index (χ1v) is 7.84. The molecule has 1 N–H and O–H groups in total. The Morgan fingerprint density at radius 2 is 2.18 bits per heavy atom. The molecule has 2 aromatic heterocycles. The largest absolute Gasteiger partial charge is 0.477 e. The fraction of sp³-hybridized carbons (Fsp3) is 0.467. The fourth-order valence-electron chi connectivity index (χ4n) is 2.41. The van der Waals surface area contributed by atoms with Crippen LogP contribution in [0.15, 0.2) is 4.79 Å². The van der Waals surface area contributed by atoms with E-state index in [0.717, 1.165) is 11.3 Å². The SMILES string of the molecule is Cc1c(C(=O)O)sc2nc(C(C)C)n(CCCC#N)c(=O)c12. The van der Waals surface area contributed by atoms with E-state index in [0.29, 0.717) is 41.0 Å². The van der Waals surface area contributed by atoms with Gasteiger partial charge < -0.3 is 5.11 Å². The molecule has 0 atom stereocenters. The molecule has 0 radical (unpaired) electrons. The number of unbranched alkanes of at least 4 members (excludes halogenated alkanes) is 1. The summed E-state index contributed by atoms with van der Waals surface area (Å²) in [6, 6.07) is 2.06. The van der Waals surface area contributed by atoms with E-state index in [9.17, 15) is 14.7 Å². The summed E-state index contributed by atoms with van der Waals surface area (Å²) in [6.07, 6.45) is 0.934. The topological polar surface area (TPSA) is 96.0 Å². The third kappa shape index (κ3) is 2.74. The lowest BCUT2D eigenvalue weighted by atomic mass is 10.1. The summed E-state index contributed by atoms with van der Waals surface area (Å²) >= 11 is 1.04. The maximum absolute atomic E-state index is 12.8. The molecule has 7 heteroatoms. The molecule has 0 aliphatic heterocycles. The molecule has 0 aliphatic rings. The molecule has 0 unspecified atom stereocenters. The molecule has 2 heterocycles. The highest BCUT2D eigenvalue weighted by Crippen LogP contribution is 2.28. The molecule has 0 amide bonds. The number of carbonyl (C=O) groups is 1. The van der Waals surface area contributed by atoms with Gasteiger partial charge in [-0.15, -0.1) is 11.3 Å². The predicted octanol–water partition coefficient (Wildman–Crippen LogP) is 2.89. The summed E-state index contributed by atoms with van der Waals surface area (Å²) in [5, 5.41) is 18.3. The quantitative estimate of drug-likeness (QED) is 0.855. The summed E-state index contributed by atoms with van der Waals surface area (Å²) in [4.78, 5) is 29.2. The Morgan fingerprint density at radius 1 is 1.50 bits per heavy atom. The molecule has 0 aromatic carbocycles. The Hall–Kier alpha value is -2.20. The summed E-state index contributed by atoms with van der Waals surface area (Å²) in [7, 11) is 0. The third-order valence-corrected chi connectivity index (χ3v) is 4.63. The van der Waals surface area contributed by atoms with Crippen molar-refractivity contribution < 1.29 is 9.90 Å². The first kappa shape index (κ1) is 16.2. The first-order chi connectivity index (χ1) is 10.4. The van der Waals surface area contributed by atoms with E-state index in [2.05, 4.69) is 11.1 Å². The molecule has 0 bridgehead atoms. The van der Waals surface area contributed by atoms with Gasteiger partial charge >= 0.3 is 5.97 Å². The van der Waals surface area contributed by atoms with Crippen molar-refractivity contribution in [2.24, 2.45) is 0 Å². The smallest absolute Gasteiger partial charge is 0.346 e. The van der Waals surface area contributed by atoms with Gasteiger partial charge in [0.05, 0.1) is 11.5 Å². The molecule has 0 saturated carbocycles. The zero-order valence-corrected chi connectivity index (χ0v) is 13.5. The zero-order chi connectivity index (χ0) is 16.4. The molecule has 6 nitrogen and oxygen atoms in total. The molecule has 22 heavy (non-hydrogen) atoms. The van der Waals surface area contributed by atoms with Gasteiger partial charge in [0.25, 0.3) is 5.56 Å². The van der Waals surface area contributed by atoms with Crippen LogP contribution in [0, 0.1) is 18.3 Å². The van der Waals surface area contributed by atoms with Crippen molar-refractivity contribution >= 4 is 27.5 Å². The number of hydrogen-bond donors (Lipinski definition) is 1. The second-order valence-corrected chi connectivity index (χ2v) is 6.38. The Labute approximate surface area is 131 Å². The lowest BCUT2D eigenvalue weighted by Crippen LogP contribution is -2.26. The monoisotopic (exact) mass is 319 g/mol. The van der Waals surface area contributed by atoms with Crippen molar-refractivity contribution in [1.29, 1.82) is 5.26 Å². The van der Waals surface area contributed by atoms with Gasteiger partial charge in [0, 0.05) is 18.9 Å². The van der Waals surface area contributed by atoms with Crippen LogP contribution in [-0.2, 0) is 6.54 Å². The maximum atomic E-state index is 12.8. The number of carboxylic acids is 1. The second kappa shape index (κ2) is 6.28. The highest BCUT2D eigenvalue weighted by Gasteiger charge is 2.21. The van der Waals surface area contributed by atoms with E-state index in [1.807, 2.05) is 13.8 Å². The molecular weight excluding hydrogens is 302 g/mol. The zero-order valence-electron chi connectivity index (χ0n) is 12.7. The van der Waals surface area contributed by atoms with Crippen molar-refractivity contribution in [3.05, 3.63) is 26.6 Å². The van der Waals surface area contributed by atoms with Gasteiger partial charge in [-0.25, -0.2) is 9.78 Å². The molecule has 0 fully saturated rings. The highest BCUT2D eigenvalue weighted by atomic mass is 32.1. The van der Waals surface area contributed by atoms with Gasteiger partial charge in [-0.2, -0.15) is 5.26 Å². The minimum absolute atomic E-state index is 0.0369. The van der Waals surface area contributed by atoms with Crippen LogP contribution in [0.2, 0.25) is 0 Å². The van der Waals surface area contributed by atoms with Crippen molar-refractivity contribution in [3.63, 3.8) is 0 Å². The number of fused-ring (bicyclic) bond motifs is 1. The number of rotatable bonds is 5. The number of carboxylic acid groups (broad SMARTS) is 1. The van der Waals surface area contributed by atoms with Crippen molar-refractivity contribution in [1.82, 2.24) is 9.55 Å². The minimum Gasteiger partial charge on any atom is -0.477 e. The summed E-state index contributed by atoms with van der Waals surface area (Å²) in [6.45, 7) is 5.93. The minimum atomic E-state index is -1.04. The van der Waals surface area contributed by atoms with Crippen LogP contribution in [0.1, 0.15) is 53.7 Å². The van der Waals surface area contributed by atoms with Crippen LogP contribution in [0.4, 0.5) is 0 Å². The van der Waals surface area contributed by atoms with Crippen LogP contribution in [0.3, 0.4) is 0 Å². The average molecular weight is 319 g/mol. The normalized spacial score (nSPS) is 11.0. The van der Waals surface area contributed by atoms with E-state index in [4.69, 9.17) is 5.26 Å². The molecule has 0 saturated heterocycles. The molecule has 2 rings (SSSR count). The number of aromatic carboxylic acids is 1. The van der Waals surface area contributed by atoms with Crippen LogP contribution in [0.5, 0.6) is 0 Å². The van der Waals surface area contributed by atoms with E-state index in [1.54, 1.807) is 11.5 Å². The van der Waals surface area contributed by atoms with Crippen LogP contribution in [0.25, 0.3) is 10.2 Å². The second-order valence-electron chi connectivity index (χ2n) is 5.38. The van der Waals surface area contributed by atoms with Gasteiger partial charge in [-0.3, -0.25) is 9.36 Å².